The van der Waals surface area contributed by atoms with E-state index in [0.717, 1.165) is 12.8 Å². The Hall–Kier alpha value is 0.0400. The number of hydrogen-bond donors (Lipinski definition) is 0. The van der Waals surface area contributed by atoms with E-state index in [0.29, 0.717) is 6.54 Å². The number of rotatable bonds is 6. The van der Waals surface area contributed by atoms with Crippen LogP contribution in [0.5, 0.6) is 0 Å². The zero-order valence-corrected chi connectivity index (χ0v) is 9.33. The average Bonchev–Trinajstić information content (AvgIpc) is 2.01. The highest BCUT2D eigenvalue weighted by molar-refractivity contribution is 6.18. The van der Waals surface area contributed by atoms with Gasteiger partial charge < -0.3 is 0 Å². The lowest BCUT2D eigenvalue weighted by molar-refractivity contribution is -0.149. The van der Waals surface area contributed by atoms with E-state index in [4.69, 9.17) is 11.6 Å². The van der Waals surface area contributed by atoms with Crippen molar-refractivity contribution in [2.24, 2.45) is 0 Å². The molecule has 0 fully saturated rings. The van der Waals surface area contributed by atoms with Gasteiger partial charge in [0.25, 0.3) is 0 Å². The monoisotopic (exact) mass is 231 g/mol. The first kappa shape index (κ1) is 14.0. The maximum absolute atomic E-state index is 12.1. The zero-order chi connectivity index (χ0) is 11.2. The number of halogens is 4. The van der Waals surface area contributed by atoms with Crippen LogP contribution in [0, 0.1) is 0 Å². The van der Waals surface area contributed by atoms with Crippen LogP contribution in [-0.2, 0) is 0 Å². The molecule has 0 rings (SSSR count). The zero-order valence-electron chi connectivity index (χ0n) is 8.57. The van der Waals surface area contributed by atoms with Crippen LogP contribution < -0.4 is 0 Å². The van der Waals surface area contributed by atoms with Gasteiger partial charge in [-0.25, -0.2) is 0 Å². The van der Waals surface area contributed by atoms with E-state index in [9.17, 15) is 13.2 Å². The van der Waals surface area contributed by atoms with E-state index >= 15 is 0 Å². The first-order valence-corrected chi connectivity index (χ1v) is 5.31. The summed E-state index contributed by atoms with van der Waals surface area (Å²) in [6, 6.07) is -0.0552. The van der Waals surface area contributed by atoms with Gasteiger partial charge in [-0.2, -0.15) is 13.2 Å². The summed E-state index contributed by atoms with van der Waals surface area (Å²) in [6.45, 7) is 3.20. The van der Waals surface area contributed by atoms with Gasteiger partial charge >= 0.3 is 6.18 Å². The Kier molecular flexibility index (Phi) is 6.53. The molecule has 0 saturated carbocycles. The lowest BCUT2D eigenvalue weighted by Gasteiger charge is -2.28. The van der Waals surface area contributed by atoms with Gasteiger partial charge in [0.2, 0.25) is 0 Å². The third kappa shape index (κ3) is 6.49. The van der Waals surface area contributed by atoms with Crippen molar-refractivity contribution < 1.29 is 13.2 Å². The minimum absolute atomic E-state index is 0.0552. The molecule has 1 atom stereocenters. The molecule has 0 aromatic carbocycles. The van der Waals surface area contributed by atoms with Gasteiger partial charge in [0.1, 0.15) is 0 Å². The Labute approximate surface area is 88.2 Å². The molecule has 5 heteroatoms. The SMILES string of the molecule is CCCC(C)N(CCCl)CC(F)(F)F. The molecule has 0 amide bonds. The summed E-state index contributed by atoms with van der Waals surface area (Å²) in [5.41, 5.74) is 0. The van der Waals surface area contributed by atoms with Gasteiger partial charge in [-0.3, -0.25) is 4.90 Å². The molecule has 0 aliphatic rings. The van der Waals surface area contributed by atoms with Crippen LogP contribution >= 0.6 is 11.6 Å². The first-order chi connectivity index (χ1) is 6.40. The Morgan fingerprint density at radius 1 is 1.36 bits per heavy atom. The topological polar surface area (TPSA) is 3.24 Å². The molecule has 0 aromatic heterocycles. The third-order valence-electron chi connectivity index (χ3n) is 2.08. The molecular formula is C9H17ClF3N. The Morgan fingerprint density at radius 3 is 2.29 bits per heavy atom. The van der Waals surface area contributed by atoms with Crippen molar-refractivity contribution in [1.29, 1.82) is 0 Å². The molecule has 0 N–H and O–H groups in total. The second kappa shape index (κ2) is 6.51. The maximum Gasteiger partial charge on any atom is 0.401 e. The highest BCUT2D eigenvalue weighted by atomic mass is 35.5. The molecule has 1 unspecified atom stereocenters. The van der Waals surface area contributed by atoms with Gasteiger partial charge in [0.15, 0.2) is 0 Å². The van der Waals surface area contributed by atoms with Crippen LogP contribution in [0.4, 0.5) is 13.2 Å². The van der Waals surface area contributed by atoms with Crippen LogP contribution in [-0.4, -0.2) is 36.1 Å². The molecule has 86 valence electrons. The van der Waals surface area contributed by atoms with E-state index in [1.165, 1.54) is 4.90 Å². The van der Waals surface area contributed by atoms with E-state index in [-0.39, 0.29) is 11.9 Å². The number of nitrogens with zero attached hydrogens (tertiary/aromatic N) is 1. The molecular weight excluding hydrogens is 215 g/mol. The van der Waals surface area contributed by atoms with E-state index in [1.807, 2.05) is 13.8 Å². The fraction of sp³-hybridized carbons (Fsp3) is 1.00. The van der Waals surface area contributed by atoms with E-state index in [1.54, 1.807) is 0 Å². The quantitative estimate of drug-likeness (QED) is 0.634. The van der Waals surface area contributed by atoms with Crippen molar-refractivity contribution >= 4 is 11.6 Å². The van der Waals surface area contributed by atoms with E-state index < -0.39 is 12.7 Å². The van der Waals surface area contributed by atoms with Crippen LogP contribution in [0.3, 0.4) is 0 Å². The van der Waals surface area contributed by atoms with Crippen LogP contribution in [0.25, 0.3) is 0 Å². The highest BCUT2D eigenvalue weighted by Gasteiger charge is 2.32. The van der Waals surface area contributed by atoms with Crippen LogP contribution in [0.2, 0.25) is 0 Å². The normalized spacial score (nSPS) is 14.8. The molecule has 0 aliphatic heterocycles. The van der Waals surface area contributed by atoms with Crippen molar-refractivity contribution in [3.63, 3.8) is 0 Å². The smallest absolute Gasteiger partial charge is 0.291 e. The number of alkyl halides is 4. The van der Waals surface area contributed by atoms with E-state index in [2.05, 4.69) is 0 Å². The Morgan fingerprint density at radius 2 is 1.93 bits per heavy atom. The second-order valence-electron chi connectivity index (χ2n) is 3.41. The molecule has 0 spiro atoms. The molecule has 0 heterocycles. The number of hydrogen-bond acceptors (Lipinski definition) is 1. The summed E-state index contributed by atoms with van der Waals surface area (Å²) in [4.78, 5) is 1.39. The third-order valence-corrected chi connectivity index (χ3v) is 2.25. The summed E-state index contributed by atoms with van der Waals surface area (Å²) in [7, 11) is 0. The minimum atomic E-state index is -4.13. The van der Waals surface area contributed by atoms with Gasteiger partial charge in [-0.15, -0.1) is 11.6 Å². The summed E-state index contributed by atoms with van der Waals surface area (Å²) >= 11 is 5.46. The average molecular weight is 232 g/mol. The van der Waals surface area contributed by atoms with Crippen molar-refractivity contribution in [1.82, 2.24) is 4.90 Å². The Bertz CT molecular complexity index is 149. The predicted octanol–water partition coefficient (Wildman–Crippen LogP) is 3.28. The largest absolute Gasteiger partial charge is 0.401 e. The van der Waals surface area contributed by atoms with Crippen LogP contribution in [0.1, 0.15) is 26.7 Å². The molecule has 0 bridgehead atoms. The lowest BCUT2D eigenvalue weighted by Crippen LogP contribution is -2.41. The first-order valence-electron chi connectivity index (χ1n) is 4.77. The summed E-state index contributed by atoms with van der Waals surface area (Å²) in [5, 5.41) is 0. The fourth-order valence-electron chi connectivity index (χ4n) is 1.39. The molecule has 0 aromatic rings. The lowest BCUT2D eigenvalue weighted by atomic mass is 10.1. The van der Waals surface area contributed by atoms with Crippen LogP contribution in [0.15, 0.2) is 0 Å². The summed E-state index contributed by atoms with van der Waals surface area (Å²) in [6.07, 6.45) is -2.47. The van der Waals surface area contributed by atoms with Gasteiger partial charge in [-0.1, -0.05) is 13.3 Å². The predicted molar refractivity (Wildman–Crippen MR) is 52.7 cm³/mol. The highest BCUT2D eigenvalue weighted by Crippen LogP contribution is 2.19. The van der Waals surface area contributed by atoms with Gasteiger partial charge in [-0.05, 0) is 13.3 Å². The van der Waals surface area contributed by atoms with Crippen molar-refractivity contribution in [2.75, 3.05) is 19.0 Å². The molecule has 0 saturated heterocycles. The van der Waals surface area contributed by atoms with Crippen molar-refractivity contribution in [2.45, 2.75) is 38.9 Å². The maximum atomic E-state index is 12.1. The molecule has 0 aliphatic carbocycles. The fourth-order valence-corrected chi connectivity index (χ4v) is 1.61. The minimum Gasteiger partial charge on any atom is -0.291 e. The second-order valence-corrected chi connectivity index (χ2v) is 3.79. The van der Waals surface area contributed by atoms with Gasteiger partial charge in [0, 0.05) is 18.5 Å². The standard InChI is InChI=1S/C9H17ClF3N/c1-3-4-8(2)14(6-5-10)7-9(11,12)13/h8H,3-7H2,1-2H3. The molecule has 14 heavy (non-hydrogen) atoms. The molecule has 0 radical (unpaired) electrons. The molecule has 1 nitrogen and oxygen atoms in total. The van der Waals surface area contributed by atoms with Gasteiger partial charge in [0.05, 0.1) is 6.54 Å². The summed E-state index contributed by atoms with van der Waals surface area (Å²) < 4.78 is 36.4. The summed E-state index contributed by atoms with van der Waals surface area (Å²) in [5.74, 6) is 0.240. The van der Waals surface area contributed by atoms with Crippen molar-refractivity contribution in [3.8, 4) is 0 Å². The van der Waals surface area contributed by atoms with Crippen molar-refractivity contribution in [3.05, 3.63) is 0 Å². The Balaban J connectivity index is 4.13.